The van der Waals surface area contributed by atoms with Gasteiger partial charge in [0, 0.05) is 39.3 Å². The molecule has 2 rings (SSSR count). The smallest absolute Gasteiger partial charge is 0.322 e. The maximum atomic E-state index is 8.95. The summed E-state index contributed by atoms with van der Waals surface area (Å²) in [6.07, 6.45) is 0. The molecule has 0 spiro atoms. The van der Waals surface area contributed by atoms with Gasteiger partial charge in [0.05, 0.1) is 13.7 Å². The van der Waals surface area contributed by atoms with E-state index in [1.165, 1.54) is 0 Å². The summed E-state index contributed by atoms with van der Waals surface area (Å²) in [6.45, 7) is 7.11. The molecule has 0 atom stereocenters. The predicted molar refractivity (Wildman–Crippen MR) is 76.3 cm³/mol. The number of β-amino-alcohol motifs (C(OH)–C–C–N with tert-alkyl or cyclic N) is 1. The van der Waals surface area contributed by atoms with Crippen LogP contribution < -0.4 is 15.0 Å². The Morgan fingerprint density at radius 3 is 2.55 bits per heavy atom. The summed E-state index contributed by atoms with van der Waals surface area (Å²) in [5, 5.41) is 12.0. The molecule has 0 saturated carbocycles. The summed E-state index contributed by atoms with van der Waals surface area (Å²) >= 11 is 0. The topological polar surface area (TPSA) is 86.6 Å². The first-order valence-corrected chi connectivity index (χ1v) is 6.89. The van der Waals surface area contributed by atoms with Crippen molar-refractivity contribution >= 4 is 11.9 Å². The molecule has 0 aliphatic carbocycles. The Morgan fingerprint density at radius 2 is 1.95 bits per heavy atom. The van der Waals surface area contributed by atoms with Gasteiger partial charge >= 0.3 is 6.01 Å². The number of hydrogen-bond acceptors (Lipinski definition) is 8. The highest BCUT2D eigenvalue weighted by Gasteiger charge is 2.20. The summed E-state index contributed by atoms with van der Waals surface area (Å²) in [6, 6.07) is 0.323. The van der Waals surface area contributed by atoms with E-state index in [2.05, 4.69) is 30.1 Å². The van der Waals surface area contributed by atoms with Crippen molar-refractivity contribution < 1.29 is 9.84 Å². The number of anilines is 2. The van der Waals surface area contributed by atoms with Crippen molar-refractivity contribution in [2.45, 2.75) is 6.92 Å². The lowest BCUT2D eigenvalue weighted by atomic mass is 10.3. The number of aromatic nitrogens is 3. The molecule has 1 fully saturated rings. The number of piperazine rings is 1. The average Bonchev–Trinajstić information content (AvgIpc) is 2.48. The minimum absolute atomic E-state index is 0.199. The molecule has 20 heavy (non-hydrogen) atoms. The number of aliphatic hydroxyl groups excluding tert-OH is 1. The first kappa shape index (κ1) is 14.7. The van der Waals surface area contributed by atoms with Crippen LogP contribution in [0.15, 0.2) is 0 Å². The number of nitrogens with one attached hydrogen (secondary N) is 1. The van der Waals surface area contributed by atoms with Gasteiger partial charge in [0.25, 0.3) is 0 Å². The molecule has 1 aliphatic heterocycles. The fraction of sp³-hybridized carbons (Fsp3) is 0.750. The van der Waals surface area contributed by atoms with Crippen molar-refractivity contribution in [1.29, 1.82) is 0 Å². The van der Waals surface area contributed by atoms with Crippen LogP contribution in [0.3, 0.4) is 0 Å². The molecule has 8 nitrogen and oxygen atoms in total. The minimum Gasteiger partial charge on any atom is -0.467 e. The highest BCUT2D eigenvalue weighted by Crippen LogP contribution is 2.16. The highest BCUT2D eigenvalue weighted by atomic mass is 16.5. The van der Waals surface area contributed by atoms with Gasteiger partial charge in [-0.15, -0.1) is 0 Å². The van der Waals surface area contributed by atoms with E-state index in [-0.39, 0.29) is 6.61 Å². The largest absolute Gasteiger partial charge is 0.467 e. The van der Waals surface area contributed by atoms with E-state index in [1.807, 2.05) is 6.92 Å². The minimum atomic E-state index is 0.199. The predicted octanol–water partition coefficient (Wildman–Crippen LogP) is -0.574. The maximum Gasteiger partial charge on any atom is 0.322 e. The van der Waals surface area contributed by atoms with E-state index in [9.17, 15) is 0 Å². The van der Waals surface area contributed by atoms with E-state index >= 15 is 0 Å². The zero-order valence-electron chi connectivity index (χ0n) is 12.0. The second kappa shape index (κ2) is 7.20. The Hall–Kier alpha value is -1.67. The zero-order chi connectivity index (χ0) is 14.4. The van der Waals surface area contributed by atoms with Gasteiger partial charge in [-0.1, -0.05) is 0 Å². The first-order chi connectivity index (χ1) is 9.76. The van der Waals surface area contributed by atoms with Gasteiger partial charge < -0.3 is 20.1 Å². The van der Waals surface area contributed by atoms with Crippen LogP contribution in [0.5, 0.6) is 6.01 Å². The lowest BCUT2D eigenvalue weighted by Gasteiger charge is -2.34. The fourth-order valence-electron chi connectivity index (χ4n) is 2.13. The van der Waals surface area contributed by atoms with Crippen LogP contribution >= 0.6 is 0 Å². The number of aliphatic hydroxyl groups is 1. The van der Waals surface area contributed by atoms with E-state index in [4.69, 9.17) is 9.84 Å². The fourth-order valence-corrected chi connectivity index (χ4v) is 2.13. The molecule has 1 saturated heterocycles. The molecule has 0 aromatic carbocycles. The van der Waals surface area contributed by atoms with E-state index in [0.717, 1.165) is 39.3 Å². The third-order valence-electron chi connectivity index (χ3n) is 3.19. The maximum absolute atomic E-state index is 8.95. The Morgan fingerprint density at radius 1 is 1.20 bits per heavy atom. The second-order valence-corrected chi connectivity index (χ2v) is 4.53. The van der Waals surface area contributed by atoms with Gasteiger partial charge in [-0.2, -0.15) is 15.0 Å². The van der Waals surface area contributed by atoms with Gasteiger partial charge in [-0.05, 0) is 6.92 Å². The van der Waals surface area contributed by atoms with Crippen LogP contribution in [-0.2, 0) is 0 Å². The van der Waals surface area contributed by atoms with Gasteiger partial charge in [-0.3, -0.25) is 4.90 Å². The number of nitrogens with zero attached hydrogens (tertiary/aromatic N) is 5. The Kier molecular flexibility index (Phi) is 5.31. The third-order valence-corrected chi connectivity index (χ3v) is 3.19. The standard InChI is InChI=1S/C12H22N6O2/c1-3-13-10-14-11(16-12(15-10)20-2)18-6-4-17(5-7-18)8-9-19/h19H,3-9H2,1-2H3,(H,13,14,15,16). The summed E-state index contributed by atoms with van der Waals surface area (Å²) in [7, 11) is 1.55. The van der Waals surface area contributed by atoms with E-state index < -0.39 is 0 Å². The highest BCUT2D eigenvalue weighted by molar-refractivity contribution is 5.38. The van der Waals surface area contributed by atoms with Crippen molar-refractivity contribution in [3.8, 4) is 6.01 Å². The Balaban J connectivity index is 2.06. The molecule has 1 aromatic heterocycles. The molecular weight excluding hydrogens is 260 g/mol. The van der Waals surface area contributed by atoms with Crippen molar-refractivity contribution in [3.05, 3.63) is 0 Å². The second-order valence-electron chi connectivity index (χ2n) is 4.53. The van der Waals surface area contributed by atoms with E-state index in [1.54, 1.807) is 7.11 Å². The number of ether oxygens (including phenoxy) is 1. The summed E-state index contributed by atoms with van der Waals surface area (Å²) < 4.78 is 5.12. The molecule has 0 radical (unpaired) electrons. The molecule has 2 N–H and O–H groups in total. The lowest BCUT2D eigenvalue weighted by Crippen LogP contribution is -2.47. The molecule has 0 amide bonds. The summed E-state index contributed by atoms with van der Waals surface area (Å²) in [4.78, 5) is 17.2. The molecular formula is C12H22N6O2. The van der Waals surface area contributed by atoms with Crippen molar-refractivity contribution in [2.24, 2.45) is 0 Å². The quantitative estimate of drug-likeness (QED) is 0.717. The summed E-state index contributed by atoms with van der Waals surface area (Å²) in [5.41, 5.74) is 0. The Bertz CT molecular complexity index is 422. The SMILES string of the molecule is CCNc1nc(OC)nc(N2CCN(CCO)CC2)n1. The van der Waals surface area contributed by atoms with Crippen LogP contribution in [-0.4, -0.2) is 77.9 Å². The van der Waals surface area contributed by atoms with Crippen LogP contribution in [0.1, 0.15) is 6.92 Å². The normalized spacial score (nSPS) is 16.2. The molecule has 1 aliphatic rings. The van der Waals surface area contributed by atoms with Gasteiger partial charge in [-0.25, -0.2) is 0 Å². The Labute approximate surface area is 118 Å². The average molecular weight is 282 g/mol. The first-order valence-electron chi connectivity index (χ1n) is 6.89. The molecule has 2 heterocycles. The van der Waals surface area contributed by atoms with Crippen molar-refractivity contribution in [1.82, 2.24) is 19.9 Å². The summed E-state index contributed by atoms with van der Waals surface area (Å²) in [5.74, 6) is 1.17. The zero-order valence-corrected chi connectivity index (χ0v) is 12.0. The number of rotatable bonds is 6. The lowest BCUT2D eigenvalue weighted by molar-refractivity contribution is 0.188. The van der Waals surface area contributed by atoms with Gasteiger partial charge in [0.2, 0.25) is 11.9 Å². The molecule has 0 bridgehead atoms. The van der Waals surface area contributed by atoms with E-state index in [0.29, 0.717) is 17.9 Å². The third kappa shape index (κ3) is 3.67. The van der Waals surface area contributed by atoms with Crippen molar-refractivity contribution in [2.75, 3.05) is 63.2 Å². The van der Waals surface area contributed by atoms with Crippen molar-refractivity contribution in [3.63, 3.8) is 0 Å². The number of methoxy groups -OCH3 is 1. The van der Waals surface area contributed by atoms with Crippen LogP contribution in [0, 0.1) is 0 Å². The van der Waals surface area contributed by atoms with Gasteiger partial charge in [0.15, 0.2) is 0 Å². The monoisotopic (exact) mass is 282 g/mol. The number of hydrogen-bond donors (Lipinski definition) is 2. The van der Waals surface area contributed by atoms with Crippen LogP contribution in [0.25, 0.3) is 0 Å². The molecule has 1 aromatic rings. The molecule has 8 heteroatoms. The van der Waals surface area contributed by atoms with Crippen LogP contribution in [0.2, 0.25) is 0 Å². The van der Waals surface area contributed by atoms with Gasteiger partial charge in [0.1, 0.15) is 0 Å². The van der Waals surface area contributed by atoms with Crippen LogP contribution in [0.4, 0.5) is 11.9 Å². The molecule has 0 unspecified atom stereocenters. The molecule has 112 valence electrons.